The molecule has 8 heteroatoms. The van der Waals surface area contributed by atoms with Crippen LogP contribution < -0.4 is 15.5 Å². The van der Waals surface area contributed by atoms with Crippen molar-refractivity contribution in [2.24, 2.45) is 11.0 Å². The largest absolute Gasteiger partial charge is 0.495 e. The highest BCUT2D eigenvalue weighted by atomic mass is 35.5. The number of hydrazone groups is 1. The van der Waals surface area contributed by atoms with Gasteiger partial charge in [0, 0.05) is 18.0 Å². The Morgan fingerprint density at radius 3 is 2.77 bits per heavy atom. The molecule has 0 spiro atoms. The number of hydrogen-bond donors (Lipinski definition) is 2. The molecule has 0 bridgehead atoms. The van der Waals surface area contributed by atoms with E-state index in [9.17, 15) is 9.59 Å². The van der Waals surface area contributed by atoms with Gasteiger partial charge in [-0.1, -0.05) is 41.9 Å². The summed E-state index contributed by atoms with van der Waals surface area (Å²) >= 11 is 6.16. The number of rotatable bonds is 6. The van der Waals surface area contributed by atoms with Gasteiger partial charge in [0.25, 0.3) is 5.91 Å². The van der Waals surface area contributed by atoms with Crippen molar-refractivity contribution in [2.45, 2.75) is 5.92 Å². The standard InChI is InChI=1S/C23H20ClN3O4/c1-30-20-9-7-15(11-18(20)24)19-10-8-16(31-19)12-26-27-23(29)21-17(13-25-22(21)28)14-5-3-2-4-6-14/h2-12,17,21H,13H2,1H3,(H,25,28)(H,27,29)/b26-12-/t17-,21-/m1/s1. The SMILES string of the molecule is COc1ccc(-c2ccc(/C=N\NC(=O)[C@H]3C(=O)NC[C@@H]3c3ccccc3)o2)cc1Cl. The van der Waals surface area contributed by atoms with Crippen LogP contribution in [0.1, 0.15) is 17.2 Å². The van der Waals surface area contributed by atoms with Crippen LogP contribution in [0.3, 0.4) is 0 Å². The molecule has 1 aliphatic rings. The fourth-order valence-corrected chi connectivity index (χ4v) is 3.82. The molecule has 158 valence electrons. The summed E-state index contributed by atoms with van der Waals surface area (Å²) in [7, 11) is 1.55. The molecule has 0 saturated carbocycles. The summed E-state index contributed by atoms with van der Waals surface area (Å²) in [6.07, 6.45) is 1.39. The highest BCUT2D eigenvalue weighted by Gasteiger charge is 2.40. The maximum Gasteiger partial charge on any atom is 0.253 e. The normalized spacial score (nSPS) is 18.2. The van der Waals surface area contributed by atoms with Gasteiger partial charge in [0.05, 0.1) is 18.3 Å². The molecule has 0 radical (unpaired) electrons. The van der Waals surface area contributed by atoms with Crippen molar-refractivity contribution in [2.75, 3.05) is 13.7 Å². The van der Waals surface area contributed by atoms with Gasteiger partial charge in [-0.15, -0.1) is 0 Å². The fourth-order valence-electron chi connectivity index (χ4n) is 3.56. The van der Waals surface area contributed by atoms with Crippen LogP contribution in [0.25, 0.3) is 11.3 Å². The Morgan fingerprint density at radius 1 is 1.23 bits per heavy atom. The van der Waals surface area contributed by atoms with E-state index in [1.807, 2.05) is 36.4 Å². The maximum atomic E-state index is 12.6. The van der Waals surface area contributed by atoms with Gasteiger partial charge >= 0.3 is 0 Å². The molecule has 2 amide bonds. The van der Waals surface area contributed by atoms with Crippen LogP contribution in [0.5, 0.6) is 5.75 Å². The number of carbonyl (C=O) groups excluding carboxylic acids is 2. The molecule has 31 heavy (non-hydrogen) atoms. The molecule has 1 aliphatic heterocycles. The second-order valence-corrected chi connectivity index (χ2v) is 7.43. The first-order valence-electron chi connectivity index (χ1n) is 9.66. The van der Waals surface area contributed by atoms with Crippen molar-refractivity contribution >= 4 is 29.6 Å². The number of nitrogens with one attached hydrogen (secondary N) is 2. The predicted molar refractivity (Wildman–Crippen MR) is 117 cm³/mol. The second-order valence-electron chi connectivity index (χ2n) is 7.03. The molecule has 3 aromatic rings. The average molecular weight is 438 g/mol. The molecule has 4 rings (SSSR count). The Morgan fingerprint density at radius 2 is 2.03 bits per heavy atom. The highest BCUT2D eigenvalue weighted by molar-refractivity contribution is 6.32. The summed E-state index contributed by atoms with van der Waals surface area (Å²) in [5.41, 5.74) is 4.16. The smallest absolute Gasteiger partial charge is 0.253 e. The molecule has 7 nitrogen and oxygen atoms in total. The second kappa shape index (κ2) is 9.06. The summed E-state index contributed by atoms with van der Waals surface area (Å²) in [5, 5.41) is 7.18. The number of furan rings is 1. The zero-order chi connectivity index (χ0) is 21.8. The van der Waals surface area contributed by atoms with E-state index >= 15 is 0 Å². The molecular weight excluding hydrogens is 418 g/mol. The van der Waals surface area contributed by atoms with E-state index in [0.29, 0.717) is 28.8 Å². The van der Waals surface area contributed by atoms with E-state index in [2.05, 4.69) is 15.8 Å². The van der Waals surface area contributed by atoms with E-state index in [0.717, 1.165) is 11.1 Å². The van der Waals surface area contributed by atoms with E-state index in [4.69, 9.17) is 20.8 Å². The molecule has 2 heterocycles. The lowest BCUT2D eigenvalue weighted by Crippen LogP contribution is -2.34. The zero-order valence-corrected chi connectivity index (χ0v) is 17.4. The predicted octanol–water partition coefficient (Wildman–Crippen LogP) is 3.59. The highest BCUT2D eigenvalue weighted by Crippen LogP contribution is 2.31. The van der Waals surface area contributed by atoms with Crippen molar-refractivity contribution in [1.82, 2.24) is 10.7 Å². The van der Waals surface area contributed by atoms with Crippen molar-refractivity contribution in [1.29, 1.82) is 0 Å². The quantitative estimate of drug-likeness (QED) is 0.350. The lowest BCUT2D eigenvalue weighted by atomic mass is 9.88. The van der Waals surface area contributed by atoms with Gasteiger partial charge in [-0.05, 0) is 35.9 Å². The Labute approximate surface area is 184 Å². The van der Waals surface area contributed by atoms with Gasteiger partial charge in [0.2, 0.25) is 5.91 Å². The molecular formula is C23H20ClN3O4. The van der Waals surface area contributed by atoms with Crippen LogP contribution in [0.4, 0.5) is 0 Å². The number of carbonyl (C=O) groups is 2. The summed E-state index contributed by atoms with van der Waals surface area (Å²) < 4.78 is 10.9. The van der Waals surface area contributed by atoms with E-state index in [1.165, 1.54) is 6.21 Å². The lowest BCUT2D eigenvalue weighted by molar-refractivity contribution is -0.133. The summed E-state index contributed by atoms with van der Waals surface area (Å²) in [6.45, 7) is 0.413. The first-order valence-corrected chi connectivity index (χ1v) is 10.0. The monoisotopic (exact) mass is 437 g/mol. The molecule has 1 fully saturated rings. The third-order valence-electron chi connectivity index (χ3n) is 5.12. The van der Waals surface area contributed by atoms with E-state index < -0.39 is 11.8 Å². The average Bonchev–Trinajstić information content (AvgIpc) is 3.41. The number of methoxy groups -OCH3 is 1. The third kappa shape index (κ3) is 4.46. The van der Waals surface area contributed by atoms with Gasteiger partial charge < -0.3 is 14.5 Å². The number of benzene rings is 2. The Hall–Kier alpha value is -3.58. The fraction of sp³-hybridized carbons (Fsp3) is 0.174. The number of halogens is 1. The Kier molecular flexibility index (Phi) is 6.04. The zero-order valence-electron chi connectivity index (χ0n) is 16.7. The number of nitrogens with zero attached hydrogens (tertiary/aromatic N) is 1. The van der Waals surface area contributed by atoms with Crippen LogP contribution >= 0.6 is 11.6 Å². The summed E-state index contributed by atoms with van der Waals surface area (Å²) in [6, 6.07) is 18.3. The molecule has 0 aliphatic carbocycles. The minimum atomic E-state index is -0.840. The first kappa shape index (κ1) is 20.7. The van der Waals surface area contributed by atoms with Crippen molar-refractivity contribution in [3.8, 4) is 17.1 Å². The maximum absolute atomic E-state index is 12.6. The third-order valence-corrected chi connectivity index (χ3v) is 5.42. The van der Waals surface area contributed by atoms with Crippen molar-refractivity contribution in [3.05, 3.63) is 77.0 Å². The lowest BCUT2D eigenvalue weighted by Gasteiger charge is -2.15. The molecule has 0 unspecified atom stereocenters. The topological polar surface area (TPSA) is 92.9 Å². The first-order chi connectivity index (χ1) is 15.1. The Balaban J connectivity index is 1.42. The molecule has 1 aromatic heterocycles. The minimum absolute atomic E-state index is 0.237. The number of amides is 2. The van der Waals surface area contributed by atoms with Crippen molar-refractivity contribution in [3.63, 3.8) is 0 Å². The number of ether oxygens (including phenoxy) is 1. The van der Waals surface area contributed by atoms with Crippen molar-refractivity contribution < 1.29 is 18.7 Å². The molecule has 2 atom stereocenters. The van der Waals surface area contributed by atoms with Gasteiger partial charge in [0.15, 0.2) is 0 Å². The van der Waals surface area contributed by atoms with Gasteiger partial charge in [0.1, 0.15) is 23.2 Å². The summed E-state index contributed by atoms with van der Waals surface area (Å²) in [5.74, 6) is -0.236. The van der Waals surface area contributed by atoms with Crippen LogP contribution in [-0.2, 0) is 9.59 Å². The Bertz CT molecular complexity index is 1130. The van der Waals surface area contributed by atoms with Gasteiger partial charge in [-0.25, -0.2) is 5.43 Å². The molecule has 2 N–H and O–H groups in total. The summed E-state index contributed by atoms with van der Waals surface area (Å²) in [4.78, 5) is 24.8. The van der Waals surface area contributed by atoms with E-state index in [1.54, 1.807) is 31.4 Å². The van der Waals surface area contributed by atoms with E-state index in [-0.39, 0.29) is 11.8 Å². The van der Waals surface area contributed by atoms with Crippen LogP contribution in [-0.4, -0.2) is 31.7 Å². The van der Waals surface area contributed by atoms with Crippen LogP contribution in [0.15, 0.2) is 70.2 Å². The van der Waals surface area contributed by atoms with Crippen LogP contribution in [0.2, 0.25) is 5.02 Å². The molecule has 1 saturated heterocycles. The molecule has 2 aromatic carbocycles. The van der Waals surface area contributed by atoms with Crippen LogP contribution in [0, 0.1) is 5.92 Å². The van der Waals surface area contributed by atoms with Gasteiger partial charge in [-0.3, -0.25) is 9.59 Å². The number of hydrogen-bond acceptors (Lipinski definition) is 5. The minimum Gasteiger partial charge on any atom is -0.495 e. The van der Waals surface area contributed by atoms with Gasteiger partial charge in [-0.2, -0.15) is 5.10 Å².